The predicted octanol–water partition coefficient (Wildman–Crippen LogP) is 5.06. The highest BCUT2D eigenvalue weighted by atomic mass is 79.9. The molecule has 0 saturated heterocycles. The van der Waals surface area contributed by atoms with E-state index in [1.165, 1.54) is 4.68 Å². The van der Waals surface area contributed by atoms with E-state index in [2.05, 4.69) is 26.3 Å². The van der Waals surface area contributed by atoms with Gasteiger partial charge in [-0.3, -0.25) is 9.48 Å². The van der Waals surface area contributed by atoms with Gasteiger partial charge in [0, 0.05) is 23.9 Å². The van der Waals surface area contributed by atoms with Crippen LogP contribution in [0.2, 0.25) is 0 Å². The van der Waals surface area contributed by atoms with E-state index >= 15 is 0 Å². The molecule has 0 spiro atoms. The summed E-state index contributed by atoms with van der Waals surface area (Å²) in [5.41, 5.74) is 3.52. The standard InChI is InChI=1S/C23H20BrF2N5O/c1-15-20(24)22(23(25)26)29-30(15)14-19(32)27-12-17-13-31(18-10-6-3-7-11-18)28-21(17)16-8-4-2-5-9-16/h2-11,13,23H,12,14H2,1H3,(H,27,32). The monoisotopic (exact) mass is 499 g/mol. The zero-order valence-corrected chi connectivity index (χ0v) is 18.8. The maximum Gasteiger partial charge on any atom is 0.283 e. The second kappa shape index (κ2) is 9.44. The number of carbonyl (C=O) groups is 1. The van der Waals surface area contributed by atoms with Gasteiger partial charge in [0.1, 0.15) is 12.2 Å². The van der Waals surface area contributed by atoms with E-state index in [9.17, 15) is 13.6 Å². The molecule has 0 atom stereocenters. The van der Waals surface area contributed by atoms with Crippen LogP contribution < -0.4 is 5.32 Å². The molecular weight excluding hydrogens is 480 g/mol. The number of nitrogens with one attached hydrogen (secondary N) is 1. The Hall–Kier alpha value is -3.33. The van der Waals surface area contributed by atoms with E-state index in [1.807, 2.05) is 66.9 Å². The van der Waals surface area contributed by atoms with Gasteiger partial charge in [-0.15, -0.1) is 0 Å². The summed E-state index contributed by atoms with van der Waals surface area (Å²) in [6.45, 7) is 1.71. The van der Waals surface area contributed by atoms with Crippen LogP contribution in [0.5, 0.6) is 0 Å². The number of hydrogen-bond donors (Lipinski definition) is 1. The molecule has 0 radical (unpaired) electrons. The van der Waals surface area contributed by atoms with E-state index in [0.717, 1.165) is 22.5 Å². The average Bonchev–Trinajstić information content (AvgIpc) is 3.36. The Labute approximate surface area is 192 Å². The van der Waals surface area contributed by atoms with Crippen LogP contribution in [0.15, 0.2) is 71.3 Å². The second-order valence-corrected chi connectivity index (χ2v) is 7.96. The first kappa shape index (κ1) is 21.9. The quantitative estimate of drug-likeness (QED) is 0.386. The molecule has 164 valence electrons. The Kier molecular flexibility index (Phi) is 6.45. The maximum atomic E-state index is 13.1. The third-order valence-electron chi connectivity index (χ3n) is 4.99. The Morgan fingerprint density at radius 3 is 2.34 bits per heavy atom. The van der Waals surface area contributed by atoms with Crippen molar-refractivity contribution < 1.29 is 13.6 Å². The summed E-state index contributed by atoms with van der Waals surface area (Å²) < 4.78 is 29.4. The minimum atomic E-state index is -2.72. The number of halogens is 3. The van der Waals surface area contributed by atoms with Crippen molar-refractivity contribution >= 4 is 21.8 Å². The van der Waals surface area contributed by atoms with E-state index in [1.54, 1.807) is 11.6 Å². The molecule has 1 N–H and O–H groups in total. The highest BCUT2D eigenvalue weighted by Gasteiger charge is 2.21. The molecule has 0 fully saturated rings. The SMILES string of the molecule is Cc1c(Br)c(C(F)F)nn1CC(=O)NCc1cn(-c2ccccc2)nc1-c1ccccc1. The topological polar surface area (TPSA) is 64.7 Å². The molecule has 0 bridgehead atoms. The van der Waals surface area contributed by atoms with Crippen molar-refractivity contribution in [3.8, 4) is 16.9 Å². The molecule has 32 heavy (non-hydrogen) atoms. The van der Waals surface area contributed by atoms with Crippen LogP contribution in [0.4, 0.5) is 8.78 Å². The van der Waals surface area contributed by atoms with Crippen molar-refractivity contribution in [3.63, 3.8) is 0 Å². The lowest BCUT2D eigenvalue weighted by molar-refractivity contribution is -0.122. The molecule has 0 aliphatic carbocycles. The number of amides is 1. The van der Waals surface area contributed by atoms with E-state index < -0.39 is 6.43 Å². The number of rotatable bonds is 7. The van der Waals surface area contributed by atoms with Crippen molar-refractivity contribution in [1.29, 1.82) is 0 Å². The number of hydrogen-bond acceptors (Lipinski definition) is 3. The molecular formula is C23H20BrF2N5O. The fourth-order valence-corrected chi connectivity index (χ4v) is 3.77. The number of benzene rings is 2. The lowest BCUT2D eigenvalue weighted by Crippen LogP contribution is -2.28. The van der Waals surface area contributed by atoms with Gasteiger partial charge in [0.25, 0.3) is 6.43 Å². The minimum Gasteiger partial charge on any atom is -0.350 e. The Balaban J connectivity index is 1.54. The predicted molar refractivity (Wildman–Crippen MR) is 120 cm³/mol. The summed E-state index contributed by atoms with van der Waals surface area (Å²) in [7, 11) is 0. The first-order valence-corrected chi connectivity index (χ1v) is 10.7. The summed E-state index contributed by atoms with van der Waals surface area (Å²) >= 11 is 3.12. The third kappa shape index (κ3) is 4.62. The van der Waals surface area contributed by atoms with Crippen LogP contribution in [0.1, 0.15) is 23.4 Å². The van der Waals surface area contributed by atoms with Gasteiger partial charge in [0.2, 0.25) is 5.91 Å². The molecule has 9 heteroatoms. The van der Waals surface area contributed by atoms with Crippen molar-refractivity contribution in [1.82, 2.24) is 24.9 Å². The first-order chi connectivity index (χ1) is 15.4. The van der Waals surface area contributed by atoms with E-state index in [0.29, 0.717) is 5.69 Å². The van der Waals surface area contributed by atoms with Gasteiger partial charge < -0.3 is 5.32 Å². The van der Waals surface area contributed by atoms with Crippen molar-refractivity contribution in [2.24, 2.45) is 0 Å². The van der Waals surface area contributed by atoms with Gasteiger partial charge >= 0.3 is 0 Å². The van der Waals surface area contributed by atoms with Crippen LogP contribution >= 0.6 is 15.9 Å². The normalized spacial score (nSPS) is 11.2. The van der Waals surface area contributed by atoms with E-state index in [-0.39, 0.29) is 29.2 Å². The molecule has 2 aromatic carbocycles. The number of carbonyl (C=O) groups excluding carboxylic acids is 1. The van der Waals surface area contributed by atoms with Crippen LogP contribution in [-0.4, -0.2) is 25.5 Å². The molecule has 2 aromatic heterocycles. The van der Waals surface area contributed by atoms with Crippen molar-refractivity contribution in [3.05, 3.63) is 88.3 Å². The Morgan fingerprint density at radius 2 is 1.72 bits per heavy atom. The van der Waals surface area contributed by atoms with Gasteiger partial charge in [-0.25, -0.2) is 13.5 Å². The fourth-order valence-electron chi connectivity index (χ4n) is 3.32. The number of aromatic nitrogens is 4. The van der Waals surface area contributed by atoms with Crippen molar-refractivity contribution in [2.75, 3.05) is 0 Å². The zero-order chi connectivity index (χ0) is 22.7. The van der Waals surface area contributed by atoms with Gasteiger partial charge in [0.05, 0.1) is 21.5 Å². The molecule has 6 nitrogen and oxygen atoms in total. The molecule has 2 heterocycles. The summed E-state index contributed by atoms with van der Waals surface area (Å²) in [6, 6.07) is 19.4. The highest BCUT2D eigenvalue weighted by molar-refractivity contribution is 9.10. The molecule has 4 rings (SSSR count). The van der Waals surface area contributed by atoms with Gasteiger partial charge in [-0.05, 0) is 35.0 Å². The number of para-hydroxylation sites is 1. The minimum absolute atomic E-state index is 0.162. The molecule has 0 saturated carbocycles. The Bertz CT molecular complexity index is 1220. The molecule has 1 amide bonds. The molecule has 0 aliphatic heterocycles. The maximum absolute atomic E-state index is 13.1. The van der Waals surface area contributed by atoms with E-state index in [4.69, 9.17) is 5.10 Å². The number of alkyl halides is 2. The average molecular weight is 500 g/mol. The summed E-state index contributed by atoms with van der Waals surface area (Å²) in [5.74, 6) is -0.338. The largest absolute Gasteiger partial charge is 0.350 e. The number of nitrogens with zero attached hydrogens (tertiary/aromatic N) is 4. The first-order valence-electron chi connectivity index (χ1n) is 9.91. The lowest BCUT2D eigenvalue weighted by atomic mass is 10.1. The molecule has 0 unspecified atom stereocenters. The van der Waals surface area contributed by atoms with Crippen LogP contribution in [0, 0.1) is 6.92 Å². The van der Waals surface area contributed by atoms with Gasteiger partial charge in [-0.1, -0.05) is 48.5 Å². The third-order valence-corrected chi connectivity index (χ3v) is 5.97. The van der Waals surface area contributed by atoms with Crippen LogP contribution in [-0.2, 0) is 17.9 Å². The van der Waals surface area contributed by atoms with Gasteiger partial charge in [-0.2, -0.15) is 10.2 Å². The van der Waals surface area contributed by atoms with Crippen LogP contribution in [0.3, 0.4) is 0 Å². The summed E-state index contributed by atoms with van der Waals surface area (Å²) in [6.07, 6.45) is -0.840. The summed E-state index contributed by atoms with van der Waals surface area (Å²) in [4.78, 5) is 12.6. The smallest absolute Gasteiger partial charge is 0.283 e. The zero-order valence-electron chi connectivity index (χ0n) is 17.2. The van der Waals surface area contributed by atoms with Gasteiger partial charge in [0.15, 0.2) is 0 Å². The van der Waals surface area contributed by atoms with Crippen LogP contribution in [0.25, 0.3) is 16.9 Å². The summed E-state index contributed by atoms with van der Waals surface area (Å²) in [5, 5.41) is 11.4. The lowest BCUT2D eigenvalue weighted by Gasteiger charge is -2.07. The molecule has 4 aromatic rings. The second-order valence-electron chi connectivity index (χ2n) is 7.17. The van der Waals surface area contributed by atoms with Crippen molar-refractivity contribution in [2.45, 2.75) is 26.4 Å². The molecule has 0 aliphatic rings. The fraction of sp³-hybridized carbons (Fsp3) is 0.174. The highest BCUT2D eigenvalue weighted by Crippen LogP contribution is 2.29. The Morgan fingerprint density at radius 1 is 1.06 bits per heavy atom.